The van der Waals surface area contributed by atoms with E-state index < -0.39 is 0 Å². The van der Waals surface area contributed by atoms with E-state index in [-0.39, 0.29) is 11.8 Å². The summed E-state index contributed by atoms with van der Waals surface area (Å²) in [6.45, 7) is 2.63. The number of carbonyl (C=O) groups excluding carboxylic acids is 2. The van der Waals surface area contributed by atoms with Crippen molar-refractivity contribution in [1.29, 1.82) is 0 Å². The van der Waals surface area contributed by atoms with Gasteiger partial charge in [-0.05, 0) is 42.2 Å². The number of furan rings is 1. The van der Waals surface area contributed by atoms with Gasteiger partial charge in [-0.25, -0.2) is 0 Å². The fraction of sp³-hybridized carbons (Fsp3) is 0.400. The number of amides is 2. The van der Waals surface area contributed by atoms with Crippen molar-refractivity contribution in [2.24, 2.45) is 5.92 Å². The largest absolute Gasteiger partial charge is 0.466 e. The molecule has 1 heterocycles. The van der Waals surface area contributed by atoms with E-state index in [0.717, 1.165) is 17.1 Å². The first-order chi connectivity index (χ1) is 12.1. The summed E-state index contributed by atoms with van der Waals surface area (Å²) in [5.41, 5.74) is 1.49. The molecular formula is C20H24N2O3. The van der Waals surface area contributed by atoms with Crippen LogP contribution in [0.4, 0.5) is 0 Å². The molecule has 2 aromatic rings. The fourth-order valence-electron chi connectivity index (χ4n) is 2.94. The van der Waals surface area contributed by atoms with E-state index in [2.05, 4.69) is 17.6 Å². The van der Waals surface area contributed by atoms with E-state index in [1.807, 2.05) is 24.3 Å². The predicted molar refractivity (Wildman–Crippen MR) is 95.2 cm³/mol. The Labute approximate surface area is 147 Å². The zero-order valence-corrected chi connectivity index (χ0v) is 14.7. The molecule has 2 amide bonds. The molecule has 0 unspecified atom stereocenters. The molecular weight excluding hydrogens is 316 g/mol. The number of benzene rings is 1. The van der Waals surface area contributed by atoms with Crippen molar-refractivity contribution in [3.63, 3.8) is 0 Å². The normalized spacial score (nSPS) is 18.6. The van der Waals surface area contributed by atoms with Gasteiger partial charge in [-0.1, -0.05) is 19.1 Å². The molecule has 5 nitrogen and oxygen atoms in total. The van der Waals surface area contributed by atoms with Gasteiger partial charge in [0.05, 0.1) is 0 Å². The molecule has 2 atom stereocenters. The maximum Gasteiger partial charge on any atom is 0.251 e. The van der Waals surface area contributed by atoms with Gasteiger partial charge in [0.25, 0.3) is 5.91 Å². The van der Waals surface area contributed by atoms with Crippen molar-refractivity contribution in [2.75, 3.05) is 7.05 Å². The van der Waals surface area contributed by atoms with Crippen LogP contribution < -0.4 is 10.6 Å². The second-order valence-corrected chi connectivity index (χ2v) is 6.68. The van der Waals surface area contributed by atoms with E-state index >= 15 is 0 Å². The average Bonchev–Trinajstić information content (AvgIpc) is 3.18. The number of nitrogens with one attached hydrogen (secondary N) is 2. The lowest BCUT2D eigenvalue weighted by Gasteiger charge is -2.06. The van der Waals surface area contributed by atoms with Gasteiger partial charge in [0.2, 0.25) is 5.91 Å². The summed E-state index contributed by atoms with van der Waals surface area (Å²) in [5.74, 6) is 3.04. The average molecular weight is 340 g/mol. The Hall–Kier alpha value is -2.56. The van der Waals surface area contributed by atoms with Crippen molar-refractivity contribution in [3.05, 3.63) is 59.0 Å². The monoisotopic (exact) mass is 340 g/mol. The molecule has 0 saturated heterocycles. The molecule has 0 aliphatic heterocycles. The van der Waals surface area contributed by atoms with Crippen LogP contribution in [0.3, 0.4) is 0 Å². The second kappa shape index (κ2) is 7.55. The Balaban J connectivity index is 1.45. The highest BCUT2D eigenvalue weighted by Crippen LogP contribution is 2.47. The molecule has 0 radical (unpaired) electrons. The van der Waals surface area contributed by atoms with E-state index in [1.54, 1.807) is 19.2 Å². The molecule has 1 fully saturated rings. The lowest BCUT2D eigenvalue weighted by molar-refractivity contribution is -0.121. The molecule has 2 N–H and O–H groups in total. The van der Waals surface area contributed by atoms with E-state index in [0.29, 0.717) is 36.8 Å². The van der Waals surface area contributed by atoms with Crippen LogP contribution >= 0.6 is 0 Å². The molecule has 3 rings (SSSR count). The first-order valence-electron chi connectivity index (χ1n) is 8.73. The molecule has 25 heavy (non-hydrogen) atoms. The minimum absolute atomic E-state index is 0.0249. The zero-order chi connectivity index (χ0) is 17.8. The summed E-state index contributed by atoms with van der Waals surface area (Å²) in [4.78, 5) is 23.7. The second-order valence-electron chi connectivity index (χ2n) is 6.68. The van der Waals surface area contributed by atoms with Crippen LogP contribution in [0, 0.1) is 5.92 Å². The lowest BCUT2D eigenvalue weighted by atomic mass is 10.1. The third kappa shape index (κ3) is 4.50. The van der Waals surface area contributed by atoms with Gasteiger partial charge in [0, 0.05) is 37.9 Å². The van der Waals surface area contributed by atoms with Gasteiger partial charge in [0.1, 0.15) is 11.5 Å². The maximum absolute atomic E-state index is 12.0. The summed E-state index contributed by atoms with van der Waals surface area (Å²) in [6.07, 6.45) is 2.19. The van der Waals surface area contributed by atoms with Crippen molar-refractivity contribution in [2.45, 2.75) is 38.6 Å². The van der Waals surface area contributed by atoms with Crippen molar-refractivity contribution < 1.29 is 14.0 Å². The highest BCUT2D eigenvalue weighted by Gasteiger charge is 2.36. The highest BCUT2D eigenvalue weighted by atomic mass is 16.3. The number of rotatable bonds is 7. The zero-order valence-electron chi connectivity index (χ0n) is 14.7. The Morgan fingerprint density at radius 2 is 2.04 bits per heavy atom. The molecule has 1 saturated carbocycles. The van der Waals surface area contributed by atoms with Crippen LogP contribution in [-0.2, 0) is 17.8 Å². The van der Waals surface area contributed by atoms with Crippen molar-refractivity contribution in [3.8, 4) is 0 Å². The van der Waals surface area contributed by atoms with E-state index in [9.17, 15) is 9.59 Å². The van der Waals surface area contributed by atoms with Crippen LogP contribution in [0.15, 0.2) is 40.8 Å². The minimum Gasteiger partial charge on any atom is -0.466 e. The summed E-state index contributed by atoms with van der Waals surface area (Å²) in [6, 6.07) is 11.2. The van der Waals surface area contributed by atoms with Crippen LogP contribution in [0.2, 0.25) is 0 Å². The third-order valence-corrected chi connectivity index (χ3v) is 4.66. The van der Waals surface area contributed by atoms with Crippen molar-refractivity contribution in [1.82, 2.24) is 10.6 Å². The number of aryl methyl sites for hydroxylation is 1. The Bertz CT molecular complexity index is 766. The summed E-state index contributed by atoms with van der Waals surface area (Å²) in [5, 5.41) is 5.48. The van der Waals surface area contributed by atoms with E-state index in [4.69, 9.17) is 4.42 Å². The van der Waals surface area contributed by atoms with Gasteiger partial charge in [-0.2, -0.15) is 0 Å². The van der Waals surface area contributed by atoms with Gasteiger partial charge < -0.3 is 15.1 Å². The summed E-state index contributed by atoms with van der Waals surface area (Å²) < 4.78 is 5.82. The smallest absolute Gasteiger partial charge is 0.251 e. The standard InChI is InChI=1S/C20H24N2O3/c1-13-10-17(13)18-8-6-16(25-18)7-9-19(23)22-12-14-4-3-5-15(11-14)20(24)21-2/h3-6,8,11,13,17H,7,9-10,12H2,1-2H3,(H,21,24)(H,22,23)/t13-,17+/m1/s1. The highest BCUT2D eigenvalue weighted by molar-refractivity contribution is 5.94. The molecule has 0 spiro atoms. The molecule has 1 aromatic heterocycles. The van der Waals surface area contributed by atoms with Gasteiger partial charge in [-0.3, -0.25) is 9.59 Å². The fourth-order valence-corrected chi connectivity index (χ4v) is 2.94. The van der Waals surface area contributed by atoms with Crippen LogP contribution in [0.5, 0.6) is 0 Å². The van der Waals surface area contributed by atoms with Crippen LogP contribution in [0.25, 0.3) is 0 Å². The Morgan fingerprint density at radius 1 is 1.24 bits per heavy atom. The summed E-state index contributed by atoms with van der Waals surface area (Å²) >= 11 is 0. The van der Waals surface area contributed by atoms with Gasteiger partial charge >= 0.3 is 0 Å². The number of hydrogen-bond acceptors (Lipinski definition) is 3. The van der Waals surface area contributed by atoms with Crippen LogP contribution in [0.1, 0.15) is 53.1 Å². The lowest BCUT2D eigenvalue weighted by Crippen LogP contribution is -2.23. The molecule has 132 valence electrons. The maximum atomic E-state index is 12.0. The molecule has 1 aromatic carbocycles. The molecule has 1 aliphatic carbocycles. The first kappa shape index (κ1) is 17.3. The number of carbonyl (C=O) groups is 2. The minimum atomic E-state index is -0.133. The predicted octanol–water partition coefficient (Wildman–Crippen LogP) is 3.01. The van der Waals surface area contributed by atoms with Gasteiger partial charge in [-0.15, -0.1) is 0 Å². The Kier molecular flexibility index (Phi) is 5.22. The van der Waals surface area contributed by atoms with Crippen molar-refractivity contribution >= 4 is 11.8 Å². The SMILES string of the molecule is CNC(=O)c1cccc(CNC(=O)CCc2ccc([C@H]3C[C@H]3C)o2)c1. The molecule has 0 bridgehead atoms. The van der Waals surface area contributed by atoms with E-state index in [1.165, 1.54) is 6.42 Å². The molecule has 1 aliphatic rings. The molecule has 5 heteroatoms. The van der Waals surface area contributed by atoms with Crippen LogP contribution in [-0.4, -0.2) is 18.9 Å². The van der Waals surface area contributed by atoms with Gasteiger partial charge in [0.15, 0.2) is 0 Å². The number of hydrogen-bond donors (Lipinski definition) is 2. The third-order valence-electron chi connectivity index (χ3n) is 4.66. The summed E-state index contributed by atoms with van der Waals surface area (Å²) in [7, 11) is 1.60. The Morgan fingerprint density at radius 3 is 2.76 bits per heavy atom. The quantitative estimate of drug-likeness (QED) is 0.814. The topological polar surface area (TPSA) is 71.3 Å². The first-order valence-corrected chi connectivity index (χ1v) is 8.73.